The summed E-state index contributed by atoms with van der Waals surface area (Å²) in [7, 11) is 0. The first-order valence-corrected chi connectivity index (χ1v) is 8.45. The quantitative estimate of drug-likeness (QED) is 0.571. The summed E-state index contributed by atoms with van der Waals surface area (Å²) in [5, 5.41) is 6.51. The van der Waals surface area contributed by atoms with Gasteiger partial charge in [0.15, 0.2) is 5.76 Å². The number of benzene rings is 1. The van der Waals surface area contributed by atoms with E-state index in [9.17, 15) is 4.79 Å². The third kappa shape index (κ3) is 2.55. The fourth-order valence-corrected chi connectivity index (χ4v) is 3.59. The summed E-state index contributed by atoms with van der Waals surface area (Å²) < 4.78 is 6.77. The van der Waals surface area contributed by atoms with Crippen LogP contribution < -0.4 is 5.56 Å². The van der Waals surface area contributed by atoms with Crippen molar-refractivity contribution >= 4 is 21.6 Å². The summed E-state index contributed by atoms with van der Waals surface area (Å²) >= 11 is 1.49. The van der Waals surface area contributed by atoms with E-state index in [1.54, 1.807) is 10.9 Å². The van der Waals surface area contributed by atoms with Gasteiger partial charge < -0.3 is 4.52 Å². The second-order valence-corrected chi connectivity index (χ2v) is 6.67. The Morgan fingerprint density at radius 3 is 2.71 bits per heavy atom. The van der Waals surface area contributed by atoms with Crippen molar-refractivity contribution in [1.82, 2.24) is 14.7 Å². The van der Waals surface area contributed by atoms with Gasteiger partial charge >= 0.3 is 0 Å². The van der Waals surface area contributed by atoms with E-state index in [-0.39, 0.29) is 5.56 Å². The topological polar surface area (TPSA) is 60.9 Å². The number of hydrogen-bond acceptors (Lipinski definition) is 5. The van der Waals surface area contributed by atoms with Crippen molar-refractivity contribution in [3.8, 4) is 11.1 Å². The molecule has 0 aliphatic heterocycles. The Morgan fingerprint density at radius 1 is 1.21 bits per heavy atom. The highest BCUT2D eigenvalue weighted by atomic mass is 32.1. The lowest BCUT2D eigenvalue weighted by atomic mass is 10.1. The number of aryl methyl sites for hydroxylation is 2. The second kappa shape index (κ2) is 5.72. The fraction of sp³-hybridized carbons (Fsp3) is 0.167. The minimum absolute atomic E-state index is 0.0640. The molecular formula is C18H15N3O2S. The highest BCUT2D eigenvalue weighted by Gasteiger charge is 2.14. The molecule has 1 aromatic carbocycles. The van der Waals surface area contributed by atoms with Crippen LogP contribution in [0.15, 0.2) is 51.4 Å². The van der Waals surface area contributed by atoms with Gasteiger partial charge in [0.1, 0.15) is 4.83 Å². The smallest absolute Gasteiger partial charge is 0.263 e. The first-order chi connectivity index (χ1) is 11.6. The number of rotatable bonds is 3. The highest BCUT2D eigenvalue weighted by Crippen LogP contribution is 2.30. The number of nitrogens with zero attached hydrogens (tertiary/aromatic N) is 3. The van der Waals surface area contributed by atoms with Crippen LogP contribution in [0.2, 0.25) is 0 Å². The summed E-state index contributed by atoms with van der Waals surface area (Å²) in [4.78, 5) is 18.1. The Kier molecular flexibility index (Phi) is 3.54. The minimum atomic E-state index is -0.0640. The molecule has 0 aliphatic carbocycles. The molecule has 4 aromatic rings. The molecule has 4 rings (SSSR count). The van der Waals surface area contributed by atoms with Crippen LogP contribution in [-0.2, 0) is 6.54 Å². The van der Waals surface area contributed by atoms with Gasteiger partial charge in [0.2, 0.25) is 0 Å². The number of fused-ring (bicyclic) bond motifs is 1. The molecule has 0 radical (unpaired) electrons. The zero-order valence-corrected chi connectivity index (χ0v) is 14.1. The summed E-state index contributed by atoms with van der Waals surface area (Å²) in [6.45, 7) is 4.22. The van der Waals surface area contributed by atoms with Crippen LogP contribution >= 0.6 is 11.3 Å². The average Bonchev–Trinajstić information content (AvgIpc) is 3.18. The lowest BCUT2D eigenvalue weighted by Crippen LogP contribution is -2.20. The molecule has 0 fully saturated rings. The van der Waals surface area contributed by atoms with Crippen molar-refractivity contribution in [2.24, 2.45) is 0 Å². The predicted octanol–water partition coefficient (Wildman–Crippen LogP) is 3.78. The van der Waals surface area contributed by atoms with Crippen molar-refractivity contribution in [2.75, 3.05) is 0 Å². The maximum Gasteiger partial charge on any atom is 0.263 e. The molecule has 3 aromatic heterocycles. The summed E-state index contributed by atoms with van der Waals surface area (Å²) in [5.41, 5.74) is 3.87. The molecule has 3 heterocycles. The molecule has 0 N–H and O–H groups in total. The van der Waals surface area contributed by atoms with E-state index in [0.717, 1.165) is 21.7 Å². The first kappa shape index (κ1) is 14.8. The highest BCUT2D eigenvalue weighted by molar-refractivity contribution is 7.17. The number of hydrogen-bond donors (Lipinski definition) is 0. The predicted molar refractivity (Wildman–Crippen MR) is 94.4 cm³/mol. The summed E-state index contributed by atoms with van der Waals surface area (Å²) in [6, 6.07) is 9.99. The molecule has 0 aliphatic rings. The molecule has 5 nitrogen and oxygen atoms in total. The SMILES string of the molecule is Cc1ccc(-c2csc3ncn(Cc4cc(C)no4)c(=O)c23)cc1. The van der Waals surface area contributed by atoms with Gasteiger partial charge in [-0.25, -0.2) is 4.98 Å². The Labute approximate surface area is 142 Å². The van der Waals surface area contributed by atoms with Crippen molar-refractivity contribution in [2.45, 2.75) is 20.4 Å². The largest absolute Gasteiger partial charge is 0.359 e. The summed E-state index contributed by atoms with van der Waals surface area (Å²) in [5.74, 6) is 0.642. The first-order valence-electron chi connectivity index (χ1n) is 7.58. The second-order valence-electron chi connectivity index (χ2n) is 5.81. The van der Waals surface area contributed by atoms with Gasteiger partial charge in [-0.05, 0) is 19.4 Å². The molecule has 0 spiro atoms. The standard InChI is InChI=1S/C18H15N3O2S/c1-11-3-5-13(6-4-11)15-9-24-17-16(15)18(22)21(10-19-17)8-14-7-12(2)20-23-14/h3-7,9-10H,8H2,1-2H3. The van der Waals surface area contributed by atoms with Gasteiger partial charge in [-0.3, -0.25) is 9.36 Å². The van der Waals surface area contributed by atoms with Crippen LogP contribution in [0, 0.1) is 13.8 Å². The van der Waals surface area contributed by atoms with Crippen LogP contribution in [0.1, 0.15) is 17.0 Å². The average molecular weight is 337 g/mol. The van der Waals surface area contributed by atoms with Crippen LogP contribution in [0.4, 0.5) is 0 Å². The van der Waals surface area contributed by atoms with Crippen LogP contribution in [0.5, 0.6) is 0 Å². The molecule has 0 saturated heterocycles. The fourth-order valence-electron chi connectivity index (χ4n) is 2.68. The third-order valence-corrected chi connectivity index (χ3v) is 4.81. The van der Waals surface area contributed by atoms with Crippen molar-refractivity contribution in [3.63, 3.8) is 0 Å². The van der Waals surface area contributed by atoms with Crippen LogP contribution in [0.25, 0.3) is 21.3 Å². The van der Waals surface area contributed by atoms with Crippen molar-refractivity contribution < 1.29 is 4.52 Å². The Bertz CT molecular complexity index is 1070. The van der Waals surface area contributed by atoms with Gasteiger partial charge in [-0.2, -0.15) is 0 Å². The normalized spacial score (nSPS) is 11.2. The lowest BCUT2D eigenvalue weighted by Gasteiger charge is -2.04. The molecule has 0 atom stereocenters. The van der Waals surface area contributed by atoms with Gasteiger partial charge in [-0.1, -0.05) is 35.0 Å². The molecule has 0 saturated carbocycles. The molecule has 0 amide bonds. The van der Waals surface area contributed by atoms with E-state index >= 15 is 0 Å². The minimum Gasteiger partial charge on any atom is -0.359 e. The van der Waals surface area contributed by atoms with E-state index in [4.69, 9.17) is 4.52 Å². The van der Waals surface area contributed by atoms with E-state index in [1.165, 1.54) is 16.9 Å². The Balaban J connectivity index is 1.84. The maximum atomic E-state index is 12.9. The van der Waals surface area contributed by atoms with E-state index in [1.807, 2.05) is 49.6 Å². The van der Waals surface area contributed by atoms with E-state index in [2.05, 4.69) is 10.1 Å². The van der Waals surface area contributed by atoms with Crippen molar-refractivity contribution in [3.05, 3.63) is 69.4 Å². The zero-order valence-electron chi connectivity index (χ0n) is 13.3. The molecule has 120 valence electrons. The third-order valence-electron chi connectivity index (χ3n) is 3.93. The Hall–Kier alpha value is -2.73. The molecular weight excluding hydrogens is 322 g/mol. The van der Waals surface area contributed by atoms with Crippen molar-refractivity contribution in [1.29, 1.82) is 0 Å². The van der Waals surface area contributed by atoms with E-state index in [0.29, 0.717) is 17.7 Å². The monoisotopic (exact) mass is 337 g/mol. The molecule has 24 heavy (non-hydrogen) atoms. The van der Waals surface area contributed by atoms with Crippen LogP contribution in [0.3, 0.4) is 0 Å². The number of thiophene rings is 1. The lowest BCUT2D eigenvalue weighted by molar-refractivity contribution is 0.371. The van der Waals surface area contributed by atoms with E-state index < -0.39 is 0 Å². The van der Waals surface area contributed by atoms with Gasteiger partial charge in [0.05, 0.1) is 24.0 Å². The molecule has 0 bridgehead atoms. The molecule has 0 unspecified atom stereocenters. The maximum absolute atomic E-state index is 12.9. The van der Waals surface area contributed by atoms with Crippen LogP contribution in [-0.4, -0.2) is 14.7 Å². The zero-order chi connectivity index (χ0) is 16.7. The number of aromatic nitrogens is 3. The molecule has 6 heteroatoms. The van der Waals surface area contributed by atoms with Gasteiger partial charge in [0, 0.05) is 17.0 Å². The van der Waals surface area contributed by atoms with Gasteiger partial charge in [0.25, 0.3) is 5.56 Å². The van der Waals surface area contributed by atoms with Gasteiger partial charge in [-0.15, -0.1) is 11.3 Å². The Morgan fingerprint density at radius 2 is 2.00 bits per heavy atom. The summed E-state index contributed by atoms with van der Waals surface area (Å²) in [6.07, 6.45) is 1.57.